The van der Waals surface area contributed by atoms with Crippen molar-refractivity contribution in [1.29, 1.82) is 0 Å². The van der Waals surface area contributed by atoms with Gasteiger partial charge in [0.15, 0.2) is 0 Å². The maximum absolute atomic E-state index is 12.3. The lowest BCUT2D eigenvalue weighted by molar-refractivity contribution is -0.939. The lowest BCUT2D eigenvalue weighted by atomic mass is 9.83. The molecule has 114 valence electrons. The molecule has 2 N–H and O–H groups in total. The van der Waals surface area contributed by atoms with Crippen LogP contribution in [-0.4, -0.2) is 31.6 Å². The molecule has 0 bridgehead atoms. The zero-order valence-corrected chi connectivity index (χ0v) is 14.0. The van der Waals surface area contributed by atoms with E-state index in [1.165, 1.54) is 45.2 Å². The number of benzene rings is 1. The molecule has 0 saturated carbocycles. The lowest BCUT2D eigenvalue weighted by Gasteiger charge is -2.41. The summed E-state index contributed by atoms with van der Waals surface area (Å²) < 4.78 is 0.954. The predicted molar refractivity (Wildman–Crippen MR) is 87.5 cm³/mol. The molecule has 2 aliphatic heterocycles. The molecule has 0 aliphatic carbocycles. The van der Waals surface area contributed by atoms with Crippen molar-refractivity contribution in [2.75, 3.05) is 19.6 Å². The molecule has 3 rings (SSSR count). The number of carbonyl (C=O) groups excluding carboxylic acids is 1. The van der Waals surface area contributed by atoms with Gasteiger partial charge in [-0.25, -0.2) is 0 Å². The van der Waals surface area contributed by atoms with Gasteiger partial charge in [0.2, 0.25) is 0 Å². The van der Waals surface area contributed by atoms with Gasteiger partial charge in [0, 0.05) is 22.5 Å². The molecule has 2 aliphatic rings. The van der Waals surface area contributed by atoms with Crippen LogP contribution < -0.4 is 10.2 Å². The van der Waals surface area contributed by atoms with Crippen molar-refractivity contribution < 1.29 is 9.69 Å². The van der Waals surface area contributed by atoms with Crippen molar-refractivity contribution in [3.8, 4) is 0 Å². The second-order valence-electron chi connectivity index (χ2n) is 6.38. The maximum atomic E-state index is 12.3. The van der Waals surface area contributed by atoms with Crippen LogP contribution in [0.3, 0.4) is 0 Å². The van der Waals surface area contributed by atoms with Crippen LogP contribution in [-0.2, 0) is 0 Å². The topological polar surface area (TPSA) is 33.5 Å². The Labute approximate surface area is 135 Å². The van der Waals surface area contributed by atoms with E-state index in [4.69, 9.17) is 0 Å². The van der Waals surface area contributed by atoms with E-state index in [1.807, 2.05) is 24.3 Å². The first kappa shape index (κ1) is 15.0. The second kappa shape index (κ2) is 6.93. The van der Waals surface area contributed by atoms with E-state index in [-0.39, 0.29) is 5.91 Å². The molecule has 2 heterocycles. The summed E-state index contributed by atoms with van der Waals surface area (Å²) in [4.78, 5) is 14.0. The van der Waals surface area contributed by atoms with Crippen molar-refractivity contribution >= 4 is 21.8 Å². The number of nitrogens with one attached hydrogen (secondary N) is 2. The maximum Gasteiger partial charge on any atom is 0.251 e. The fourth-order valence-corrected chi connectivity index (χ4v) is 4.38. The van der Waals surface area contributed by atoms with Gasteiger partial charge in [0.1, 0.15) is 0 Å². The van der Waals surface area contributed by atoms with Crippen molar-refractivity contribution in [2.24, 2.45) is 5.92 Å². The third-order valence-corrected chi connectivity index (χ3v) is 5.53. The molecule has 0 spiro atoms. The summed E-state index contributed by atoms with van der Waals surface area (Å²) in [5.41, 5.74) is 0.744. The summed E-state index contributed by atoms with van der Waals surface area (Å²) in [6.45, 7) is 3.50. The summed E-state index contributed by atoms with van der Waals surface area (Å²) in [6, 6.07) is 8.39. The molecule has 1 unspecified atom stereocenters. The molecule has 0 radical (unpaired) electrons. The number of amides is 1. The van der Waals surface area contributed by atoms with Gasteiger partial charge in [0.05, 0.1) is 19.1 Å². The van der Waals surface area contributed by atoms with Crippen LogP contribution in [0.1, 0.15) is 42.5 Å². The molecule has 2 fully saturated rings. The van der Waals surface area contributed by atoms with E-state index in [9.17, 15) is 4.79 Å². The van der Waals surface area contributed by atoms with E-state index in [0.29, 0.717) is 5.92 Å². The number of halogens is 1. The summed E-state index contributed by atoms with van der Waals surface area (Å²) in [7, 11) is 0. The van der Waals surface area contributed by atoms with Gasteiger partial charge in [-0.15, -0.1) is 0 Å². The Morgan fingerprint density at radius 3 is 2.95 bits per heavy atom. The standard InChI is InChI=1S/C17H23BrN2O/c18-15-7-3-5-13(11-15)17(21)19-12-14-6-4-10-20-9-2-1-8-16(14)20/h3,5,7,11,14,16H,1-2,4,6,8-10,12H2,(H,19,21)/p+1/t14-,16+/m1/s1. The van der Waals surface area contributed by atoms with Crippen molar-refractivity contribution in [2.45, 2.75) is 38.1 Å². The Bertz CT molecular complexity index is 503. The first-order chi connectivity index (χ1) is 10.2. The summed E-state index contributed by atoms with van der Waals surface area (Å²) in [6.07, 6.45) is 6.66. The molecule has 1 aromatic carbocycles. The van der Waals surface area contributed by atoms with Crippen LogP contribution in [0.4, 0.5) is 0 Å². The molecule has 1 amide bonds. The van der Waals surface area contributed by atoms with E-state index in [1.54, 1.807) is 4.90 Å². The molecule has 3 nitrogen and oxygen atoms in total. The van der Waals surface area contributed by atoms with E-state index in [2.05, 4.69) is 21.2 Å². The quantitative estimate of drug-likeness (QED) is 0.858. The Balaban J connectivity index is 1.57. The number of hydrogen-bond acceptors (Lipinski definition) is 1. The summed E-state index contributed by atoms with van der Waals surface area (Å²) >= 11 is 3.42. The third-order valence-electron chi connectivity index (χ3n) is 5.04. The van der Waals surface area contributed by atoms with Crippen LogP contribution in [0.15, 0.2) is 28.7 Å². The Morgan fingerprint density at radius 1 is 1.24 bits per heavy atom. The highest BCUT2D eigenvalue weighted by Crippen LogP contribution is 2.20. The number of piperidine rings is 2. The highest BCUT2D eigenvalue weighted by atomic mass is 79.9. The van der Waals surface area contributed by atoms with Gasteiger partial charge in [0.25, 0.3) is 5.91 Å². The summed E-state index contributed by atoms with van der Waals surface area (Å²) in [5, 5.41) is 3.16. The highest BCUT2D eigenvalue weighted by molar-refractivity contribution is 9.10. The van der Waals surface area contributed by atoms with Crippen LogP contribution in [0, 0.1) is 5.92 Å². The van der Waals surface area contributed by atoms with Gasteiger partial charge < -0.3 is 10.2 Å². The molecule has 4 heteroatoms. The lowest BCUT2D eigenvalue weighted by Crippen LogP contribution is -3.18. The minimum atomic E-state index is 0.0548. The summed E-state index contributed by atoms with van der Waals surface area (Å²) in [5.74, 6) is 0.712. The van der Waals surface area contributed by atoms with E-state index < -0.39 is 0 Å². The molecule has 1 aromatic rings. The number of hydrogen-bond donors (Lipinski definition) is 2. The molecule has 2 saturated heterocycles. The predicted octanol–water partition coefficient (Wildman–Crippen LogP) is 2.03. The number of fused-ring (bicyclic) bond motifs is 1. The van der Waals surface area contributed by atoms with Gasteiger partial charge in [-0.1, -0.05) is 22.0 Å². The van der Waals surface area contributed by atoms with Crippen molar-refractivity contribution in [3.63, 3.8) is 0 Å². The zero-order valence-electron chi connectivity index (χ0n) is 12.4. The largest absolute Gasteiger partial charge is 0.352 e. The van der Waals surface area contributed by atoms with Gasteiger partial charge >= 0.3 is 0 Å². The van der Waals surface area contributed by atoms with Gasteiger partial charge in [-0.2, -0.15) is 0 Å². The minimum Gasteiger partial charge on any atom is -0.352 e. The van der Waals surface area contributed by atoms with E-state index in [0.717, 1.165) is 22.6 Å². The fraction of sp³-hybridized carbons (Fsp3) is 0.588. The molecular weight excluding hydrogens is 328 g/mol. The number of carbonyl (C=O) groups is 1. The molecular formula is C17H24BrN2O+. The van der Waals surface area contributed by atoms with Crippen LogP contribution in [0.5, 0.6) is 0 Å². The van der Waals surface area contributed by atoms with E-state index >= 15 is 0 Å². The Hall–Kier alpha value is -0.870. The van der Waals surface area contributed by atoms with Crippen LogP contribution in [0.2, 0.25) is 0 Å². The zero-order chi connectivity index (χ0) is 14.7. The first-order valence-electron chi connectivity index (χ1n) is 8.12. The normalized spacial score (nSPS) is 28.7. The smallest absolute Gasteiger partial charge is 0.251 e. The number of quaternary nitrogens is 1. The average Bonchev–Trinajstić information content (AvgIpc) is 2.52. The molecule has 3 atom stereocenters. The van der Waals surface area contributed by atoms with Crippen molar-refractivity contribution in [1.82, 2.24) is 5.32 Å². The Morgan fingerprint density at radius 2 is 2.10 bits per heavy atom. The van der Waals surface area contributed by atoms with Crippen LogP contribution >= 0.6 is 15.9 Å². The average molecular weight is 352 g/mol. The highest BCUT2D eigenvalue weighted by Gasteiger charge is 2.36. The van der Waals surface area contributed by atoms with Gasteiger partial charge in [-0.05, 0) is 50.3 Å². The molecule has 21 heavy (non-hydrogen) atoms. The third kappa shape index (κ3) is 3.67. The van der Waals surface area contributed by atoms with Crippen LogP contribution in [0.25, 0.3) is 0 Å². The SMILES string of the molecule is O=C(NC[C@H]1CCC[NH+]2CCCC[C@@H]12)c1cccc(Br)c1. The second-order valence-corrected chi connectivity index (χ2v) is 7.30. The Kier molecular flexibility index (Phi) is 4.96. The van der Waals surface area contributed by atoms with Crippen molar-refractivity contribution in [3.05, 3.63) is 34.3 Å². The first-order valence-corrected chi connectivity index (χ1v) is 8.91. The minimum absolute atomic E-state index is 0.0548. The fourth-order valence-electron chi connectivity index (χ4n) is 3.98. The monoisotopic (exact) mass is 351 g/mol. The number of rotatable bonds is 3. The molecule has 0 aromatic heterocycles. The van der Waals surface area contributed by atoms with Gasteiger partial charge in [-0.3, -0.25) is 4.79 Å².